The van der Waals surface area contributed by atoms with E-state index in [1.807, 2.05) is 31.1 Å². The van der Waals surface area contributed by atoms with Gasteiger partial charge in [-0.1, -0.05) is 6.07 Å². The van der Waals surface area contributed by atoms with Crippen LogP contribution in [0.25, 0.3) is 0 Å². The van der Waals surface area contributed by atoms with Gasteiger partial charge < -0.3 is 15.5 Å². The van der Waals surface area contributed by atoms with Gasteiger partial charge in [-0.25, -0.2) is 0 Å². The fraction of sp³-hybridized carbons (Fsp3) is 0.611. The first-order valence-corrected chi connectivity index (χ1v) is 8.65. The van der Waals surface area contributed by atoms with Crippen LogP contribution >= 0.6 is 0 Å². The normalized spacial score (nSPS) is 20.6. The van der Waals surface area contributed by atoms with E-state index in [4.69, 9.17) is 0 Å². The Bertz CT molecular complexity index is 525. The van der Waals surface area contributed by atoms with Gasteiger partial charge in [0.1, 0.15) is 0 Å². The van der Waals surface area contributed by atoms with Crippen LogP contribution in [0, 0.1) is 11.8 Å². The van der Waals surface area contributed by atoms with Gasteiger partial charge in [0.15, 0.2) is 0 Å². The molecule has 0 bridgehead atoms. The predicted molar refractivity (Wildman–Crippen MR) is 93.1 cm³/mol. The van der Waals surface area contributed by atoms with Crippen LogP contribution in [0.4, 0.5) is 0 Å². The van der Waals surface area contributed by atoms with Crippen LogP contribution < -0.4 is 10.6 Å². The molecule has 6 nitrogen and oxygen atoms in total. The number of carbonyl (C=O) groups is 2. The highest BCUT2D eigenvalue weighted by Crippen LogP contribution is 2.29. The Kier molecular flexibility index (Phi) is 7.18. The van der Waals surface area contributed by atoms with Gasteiger partial charge in [-0.2, -0.15) is 0 Å². The summed E-state index contributed by atoms with van der Waals surface area (Å²) in [6.45, 7) is 2.03. The highest BCUT2D eigenvalue weighted by atomic mass is 16.2. The standard InChI is InChI=1S/C18H28N4O2/c1-22(2)11-10-20-17(23)15-5-7-16(8-6-15)18(24)21-13-14-4-3-9-19-12-14/h3-4,9,12,15-16H,5-8,10-11,13H2,1-2H3,(H,20,23)(H,21,24). The Morgan fingerprint density at radius 3 is 2.29 bits per heavy atom. The van der Waals surface area contributed by atoms with Gasteiger partial charge in [0.25, 0.3) is 0 Å². The molecule has 0 aromatic carbocycles. The van der Waals surface area contributed by atoms with Crippen molar-refractivity contribution in [1.82, 2.24) is 20.5 Å². The lowest BCUT2D eigenvalue weighted by atomic mass is 9.81. The van der Waals surface area contributed by atoms with Gasteiger partial charge >= 0.3 is 0 Å². The van der Waals surface area contributed by atoms with E-state index >= 15 is 0 Å². The van der Waals surface area contributed by atoms with Crippen molar-refractivity contribution in [2.45, 2.75) is 32.2 Å². The number of carbonyl (C=O) groups excluding carboxylic acids is 2. The molecule has 2 amide bonds. The lowest BCUT2D eigenvalue weighted by molar-refractivity contribution is -0.130. The van der Waals surface area contributed by atoms with Crippen LogP contribution in [0.5, 0.6) is 0 Å². The molecule has 1 heterocycles. The zero-order valence-electron chi connectivity index (χ0n) is 14.6. The Hall–Kier alpha value is -1.95. The SMILES string of the molecule is CN(C)CCNC(=O)C1CCC(C(=O)NCc2cccnc2)CC1. The zero-order valence-corrected chi connectivity index (χ0v) is 14.6. The summed E-state index contributed by atoms with van der Waals surface area (Å²) in [6.07, 6.45) is 6.62. The maximum Gasteiger partial charge on any atom is 0.223 e. The number of aromatic nitrogens is 1. The Morgan fingerprint density at radius 1 is 1.12 bits per heavy atom. The van der Waals surface area contributed by atoms with Gasteiger partial charge in [0.05, 0.1) is 0 Å². The van der Waals surface area contributed by atoms with Crippen molar-refractivity contribution in [2.75, 3.05) is 27.2 Å². The van der Waals surface area contributed by atoms with Crippen LogP contribution in [0.1, 0.15) is 31.2 Å². The van der Waals surface area contributed by atoms with Crippen LogP contribution in [0.2, 0.25) is 0 Å². The zero-order chi connectivity index (χ0) is 17.4. The summed E-state index contributed by atoms with van der Waals surface area (Å²) in [7, 11) is 3.98. The van der Waals surface area contributed by atoms with E-state index in [9.17, 15) is 9.59 Å². The van der Waals surface area contributed by atoms with Crippen molar-refractivity contribution in [1.29, 1.82) is 0 Å². The fourth-order valence-electron chi connectivity index (χ4n) is 3.00. The molecule has 1 aliphatic carbocycles. The second kappa shape index (κ2) is 9.37. The lowest BCUT2D eigenvalue weighted by Gasteiger charge is -2.27. The number of pyridine rings is 1. The Labute approximate surface area is 144 Å². The van der Waals surface area contributed by atoms with Crippen molar-refractivity contribution in [3.05, 3.63) is 30.1 Å². The highest BCUT2D eigenvalue weighted by Gasteiger charge is 2.29. The van der Waals surface area contributed by atoms with Crippen LogP contribution in [-0.2, 0) is 16.1 Å². The third-order valence-corrected chi connectivity index (χ3v) is 4.52. The molecule has 1 aromatic rings. The maximum absolute atomic E-state index is 12.3. The lowest BCUT2D eigenvalue weighted by Crippen LogP contribution is -2.39. The number of nitrogens with one attached hydrogen (secondary N) is 2. The molecule has 0 unspecified atom stereocenters. The molecule has 0 atom stereocenters. The van der Waals surface area contributed by atoms with Crippen molar-refractivity contribution >= 4 is 11.8 Å². The number of amides is 2. The van der Waals surface area contributed by atoms with E-state index < -0.39 is 0 Å². The highest BCUT2D eigenvalue weighted by molar-refractivity contribution is 5.81. The molecular weight excluding hydrogens is 304 g/mol. The second-order valence-electron chi connectivity index (χ2n) is 6.72. The topological polar surface area (TPSA) is 74.3 Å². The molecule has 2 N–H and O–H groups in total. The first-order valence-electron chi connectivity index (χ1n) is 8.65. The summed E-state index contributed by atoms with van der Waals surface area (Å²) in [5, 5.41) is 5.96. The third kappa shape index (κ3) is 5.92. The molecule has 6 heteroatoms. The molecule has 1 aliphatic rings. The number of hydrogen-bond acceptors (Lipinski definition) is 4. The smallest absolute Gasteiger partial charge is 0.223 e. The molecule has 0 aliphatic heterocycles. The molecule has 24 heavy (non-hydrogen) atoms. The Balaban J connectivity index is 1.68. The van der Waals surface area contributed by atoms with Gasteiger partial charge in [-0.05, 0) is 51.4 Å². The van der Waals surface area contributed by atoms with E-state index in [0.717, 1.165) is 37.8 Å². The first-order chi connectivity index (χ1) is 11.6. The molecule has 2 rings (SSSR count). The van der Waals surface area contributed by atoms with Gasteiger partial charge in [-0.15, -0.1) is 0 Å². The van der Waals surface area contributed by atoms with Crippen molar-refractivity contribution in [2.24, 2.45) is 11.8 Å². The monoisotopic (exact) mass is 332 g/mol. The molecule has 1 fully saturated rings. The second-order valence-corrected chi connectivity index (χ2v) is 6.72. The largest absolute Gasteiger partial charge is 0.355 e. The first kappa shape index (κ1) is 18.4. The average Bonchev–Trinajstić information content (AvgIpc) is 2.60. The van der Waals surface area contributed by atoms with E-state index in [1.165, 1.54) is 0 Å². The summed E-state index contributed by atoms with van der Waals surface area (Å²) in [5.41, 5.74) is 1.000. The minimum absolute atomic E-state index is 0.0208. The van der Waals surface area contributed by atoms with Crippen molar-refractivity contribution in [3.63, 3.8) is 0 Å². The summed E-state index contributed by atoms with van der Waals surface area (Å²) in [6, 6.07) is 3.81. The molecule has 0 spiro atoms. The quantitative estimate of drug-likeness (QED) is 0.786. The maximum atomic E-state index is 12.3. The van der Waals surface area contributed by atoms with Crippen LogP contribution in [-0.4, -0.2) is 48.9 Å². The van der Waals surface area contributed by atoms with E-state index in [2.05, 4.69) is 15.6 Å². The summed E-state index contributed by atoms with van der Waals surface area (Å²) < 4.78 is 0. The number of likely N-dealkylation sites (N-methyl/N-ethyl adjacent to an activating group) is 1. The molecule has 0 radical (unpaired) electrons. The van der Waals surface area contributed by atoms with Crippen LogP contribution in [0.3, 0.4) is 0 Å². The van der Waals surface area contributed by atoms with Crippen molar-refractivity contribution in [3.8, 4) is 0 Å². The number of hydrogen-bond donors (Lipinski definition) is 2. The minimum Gasteiger partial charge on any atom is -0.355 e. The number of rotatable bonds is 7. The van der Waals surface area contributed by atoms with E-state index in [1.54, 1.807) is 12.4 Å². The predicted octanol–water partition coefficient (Wildman–Crippen LogP) is 1.18. The van der Waals surface area contributed by atoms with Gasteiger partial charge in [0, 0.05) is 43.9 Å². The van der Waals surface area contributed by atoms with Crippen molar-refractivity contribution < 1.29 is 9.59 Å². The summed E-state index contributed by atoms with van der Waals surface area (Å²) in [5.74, 6) is 0.290. The molecule has 0 saturated heterocycles. The fourth-order valence-corrected chi connectivity index (χ4v) is 3.00. The third-order valence-electron chi connectivity index (χ3n) is 4.52. The Morgan fingerprint density at radius 2 is 1.75 bits per heavy atom. The molecule has 1 saturated carbocycles. The number of nitrogens with zero attached hydrogens (tertiary/aromatic N) is 2. The molecule has 132 valence electrons. The van der Waals surface area contributed by atoms with E-state index in [-0.39, 0.29) is 23.7 Å². The average molecular weight is 332 g/mol. The molecular formula is C18H28N4O2. The van der Waals surface area contributed by atoms with E-state index in [0.29, 0.717) is 13.1 Å². The summed E-state index contributed by atoms with van der Waals surface area (Å²) in [4.78, 5) is 30.5. The van der Waals surface area contributed by atoms with Gasteiger partial charge in [0.2, 0.25) is 11.8 Å². The molecule has 1 aromatic heterocycles. The van der Waals surface area contributed by atoms with Crippen LogP contribution in [0.15, 0.2) is 24.5 Å². The van der Waals surface area contributed by atoms with Gasteiger partial charge in [-0.3, -0.25) is 14.6 Å². The summed E-state index contributed by atoms with van der Waals surface area (Å²) >= 11 is 0. The minimum atomic E-state index is 0.0208.